The van der Waals surface area contributed by atoms with Gasteiger partial charge in [0.15, 0.2) is 0 Å². The van der Waals surface area contributed by atoms with Crippen molar-refractivity contribution in [1.29, 1.82) is 0 Å². The van der Waals surface area contributed by atoms with Gasteiger partial charge < -0.3 is 5.32 Å². The number of unbranched alkanes of at least 4 members (excludes halogenated alkanes) is 2. The minimum atomic E-state index is -0.131. The highest BCUT2D eigenvalue weighted by Crippen LogP contribution is 2.37. The number of benzene rings is 2. The Morgan fingerprint density at radius 2 is 1.68 bits per heavy atom. The monoisotopic (exact) mass is 377 g/mol. The van der Waals surface area contributed by atoms with Gasteiger partial charge in [-0.1, -0.05) is 88.1 Å². The Labute approximate surface area is 173 Å². The van der Waals surface area contributed by atoms with Gasteiger partial charge in [-0.25, -0.2) is 0 Å². The molecule has 0 heterocycles. The first-order valence-corrected chi connectivity index (χ1v) is 11.4. The standard InChI is InChI=1S/C27H39N/c1-5-6-7-12-21(2)19-24-14-9-11-16-26(24)27(4,28-20-23-17-18-23)25-15-10-8-13-22(25)3/h8-11,13-16,21,23,28H,5-7,12,17-20H2,1-4H3/t21-,27-/m1/s1. The second-order valence-corrected chi connectivity index (χ2v) is 9.23. The van der Waals surface area contributed by atoms with Crippen molar-refractivity contribution < 1.29 is 0 Å². The van der Waals surface area contributed by atoms with E-state index in [1.807, 2.05) is 0 Å². The molecule has 1 N–H and O–H groups in total. The highest BCUT2D eigenvalue weighted by Gasteiger charge is 2.34. The van der Waals surface area contributed by atoms with Gasteiger partial charge in [0.25, 0.3) is 0 Å². The average molecular weight is 378 g/mol. The van der Waals surface area contributed by atoms with E-state index in [1.165, 1.54) is 67.2 Å². The molecule has 1 fully saturated rings. The molecule has 0 radical (unpaired) electrons. The highest BCUT2D eigenvalue weighted by molar-refractivity contribution is 5.45. The van der Waals surface area contributed by atoms with Gasteiger partial charge >= 0.3 is 0 Å². The van der Waals surface area contributed by atoms with E-state index in [2.05, 4.69) is 81.5 Å². The fraction of sp³-hybridized carbons (Fsp3) is 0.556. The van der Waals surface area contributed by atoms with Crippen molar-refractivity contribution in [3.63, 3.8) is 0 Å². The Kier molecular flexibility index (Phi) is 7.35. The Morgan fingerprint density at radius 3 is 2.36 bits per heavy atom. The lowest BCUT2D eigenvalue weighted by Gasteiger charge is -2.36. The molecule has 1 heteroatoms. The second kappa shape index (κ2) is 9.74. The molecule has 0 spiro atoms. The topological polar surface area (TPSA) is 12.0 Å². The number of hydrogen-bond acceptors (Lipinski definition) is 1. The minimum Gasteiger partial charge on any atom is -0.304 e. The molecule has 0 aliphatic heterocycles. The summed E-state index contributed by atoms with van der Waals surface area (Å²) in [6, 6.07) is 18.1. The van der Waals surface area contributed by atoms with E-state index in [0.717, 1.165) is 18.4 Å². The van der Waals surface area contributed by atoms with E-state index in [9.17, 15) is 0 Å². The van der Waals surface area contributed by atoms with Gasteiger partial charge in [0.1, 0.15) is 0 Å². The molecular weight excluding hydrogens is 338 g/mol. The summed E-state index contributed by atoms with van der Waals surface area (Å²) in [6.07, 6.45) is 9.29. The Morgan fingerprint density at radius 1 is 1.00 bits per heavy atom. The van der Waals surface area contributed by atoms with E-state index in [0.29, 0.717) is 0 Å². The number of hydrogen-bond donors (Lipinski definition) is 1. The van der Waals surface area contributed by atoms with Gasteiger partial charge in [-0.2, -0.15) is 0 Å². The molecule has 1 aliphatic carbocycles. The van der Waals surface area contributed by atoms with Gasteiger partial charge in [0, 0.05) is 0 Å². The summed E-state index contributed by atoms with van der Waals surface area (Å²) < 4.78 is 0. The van der Waals surface area contributed by atoms with Crippen LogP contribution in [0.2, 0.25) is 0 Å². The third-order valence-electron chi connectivity index (χ3n) is 6.55. The zero-order valence-electron chi connectivity index (χ0n) is 18.4. The SMILES string of the molecule is CCCCC[C@@H](C)Cc1ccccc1[C@](C)(NCC1CC1)c1ccccc1C. The van der Waals surface area contributed by atoms with Crippen molar-refractivity contribution in [3.8, 4) is 0 Å². The van der Waals surface area contributed by atoms with Crippen LogP contribution in [0.1, 0.15) is 81.5 Å². The maximum absolute atomic E-state index is 4.00. The fourth-order valence-electron chi connectivity index (χ4n) is 4.55. The Bertz CT molecular complexity index is 745. The molecule has 0 amide bonds. The molecule has 1 aliphatic rings. The van der Waals surface area contributed by atoms with Gasteiger partial charge in [0.2, 0.25) is 0 Å². The Hall–Kier alpha value is -1.60. The molecule has 2 aromatic carbocycles. The minimum absolute atomic E-state index is 0.131. The summed E-state index contributed by atoms with van der Waals surface area (Å²) in [6.45, 7) is 10.5. The largest absolute Gasteiger partial charge is 0.304 e. The van der Waals surface area contributed by atoms with E-state index in [4.69, 9.17) is 0 Å². The van der Waals surface area contributed by atoms with Crippen LogP contribution < -0.4 is 5.32 Å². The van der Waals surface area contributed by atoms with Crippen molar-refractivity contribution in [2.45, 2.75) is 78.2 Å². The molecule has 28 heavy (non-hydrogen) atoms. The summed E-state index contributed by atoms with van der Waals surface area (Å²) >= 11 is 0. The maximum atomic E-state index is 4.00. The molecule has 0 bridgehead atoms. The van der Waals surface area contributed by atoms with Crippen LogP contribution in [0.3, 0.4) is 0 Å². The van der Waals surface area contributed by atoms with E-state index in [-0.39, 0.29) is 5.54 Å². The summed E-state index contributed by atoms with van der Waals surface area (Å²) in [5.74, 6) is 1.60. The van der Waals surface area contributed by atoms with E-state index < -0.39 is 0 Å². The molecule has 2 aromatic rings. The third-order valence-corrected chi connectivity index (χ3v) is 6.55. The predicted octanol–water partition coefficient (Wildman–Crippen LogP) is 7.02. The number of nitrogens with one attached hydrogen (secondary N) is 1. The van der Waals surface area contributed by atoms with Crippen molar-refractivity contribution in [3.05, 3.63) is 70.8 Å². The zero-order valence-corrected chi connectivity index (χ0v) is 18.4. The molecule has 1 saturated carbocycles. The second-order valence-electron chi connectivity index (χ2n) is 9.23. The van der Waals surface area contributed by atoms with Gasteiger partial charge in [-0.05, 0) is 73.7 Å². The first-order valence-electron chi connectivity index (χ1n) is 11.4. The van der Waals surface area contributed by atoms with Crippen molar-refractivity contribution in [2.24, 2.45) is 11.8 Å². The lowest BCUT2D eigenvalue weighted by Crippen LogP contribution is -2.43. The quantitative estimate of drug-likeness (QED) is 0.415. The smallest absolute Gasteiger partial charge is 0.0667 e. The lowest BCUT2D eigenvalue weighted by molar-refractivity contribution is 0.417. The van der Waals surface area contributed by atoms with Gasteiger partial charge in [0.05, 0.1) is 5.54 Å². The number of aryl methyl sites for hydroxylation is 1. The van der Waals surface area contributed by atoms with Crippen LogP contribution in [0, 0.1) is 18.8 Å². The zero-order chi connectivity index (χ0) is 20.0. The van der Waals surface area contributed by atoms with Crippen molar-refractivity contribution >= 4 is 0 Å². The Balaban J connectivity index is 1.90. The summed E-state index contributed by atoms with van der Waals surface area (Å²) in [7, 11) is 0. The summed E-state index contributed by atoms with van der Waals surface area (Å²) in [5.41, 5.74) is 5.64. The fourth-order valence-corrected chi connectivity index (χ4v) is 4.55. The normalized spacial score (nSPS) is 17.3. The molecule has 0 aromatic heterocycles. The number of rotatable bonds is 11. The first-order chi connectivity index (χ1) is 13.5. The van der Waals surface area contributed by atoms with Crippen LogP contribution in [0.15, 0.2) is 48.5 Å². The van der Waals surface area contributed by atoms with Crippen LogP contribution in [0.5, 0.6) is 0 Å². The van der Waals surface area contributed by atoms with Crippen LogP contribution in [0.25, 0.3) is 0 Å². The summed E-state index contributed by atoms with van der Waals surface area (Å²) in [4.78, 5) is 0. The maximum Gasteiger partial charge on any atom is 0.0667 e. The molecule has 1 nitrogen and oxygen atoms in total. The summed E-state index contributed by atoms with van der Waals surface area (Å²) in [5, 5.41) is 4.00. The molecular formula is C27H39N. The van der Waals surface area contributed by atoms with E-state index >= 15 is 0 Å². The van der Waals surface area contributed by atoms with Gasteiger partial charge in [-0.3, -0.25) is 0 Å². The molecule has 0 saturated heterocycles. The molecule has 0 unspecified atom stereocenters. The van der Waals surface area contributed by atoms with Gasteiger partial charge in [-0.15, -0.1) is 0 Å². The molecule has 152 valence electrons. The van der Waals surface area contributed by atoms with E-state index in [1.54, 1.807) is 0 Å². The molecule has 2 atom stereocenters. The highest BCUT2D eigenvalue weighted by atomic mass is 15.0. The van der Waals surface area contributed by atoms with Crippen LogP contribution in [-0.4, -0.2) is 6.54 Å². The third kappa shape index (κ3) is 5.26. The van der Waals surface area contributed by atoms with Crippen LogP contribution in [0.4, 0.5) is 0 Å². The van der Waals surface area contributed by atoms with Crippen molar-refractivity contribution in [2.75, 3.05) is 6.54 Å². The molecule has 3 rings (SSSR count). The predicted molar refractivity (Wildman–Crippen MR) is 122 cm³/mol. The van der Waals surface area contributed by atoms with Crippen LogP contribution in [-0.2, 0) is 12.0 Å². The lowest BCUT2D eigenvalue weighted by atomic mass is 9.78. The van der Waals surface area contributed by atoms with Crippen molar-refractivity contribution in [1.82, 2.24) is 5.32 Å². The average Bonchev–Trinajstić information content (AvgIpc) is 3.52. The van der Waals surface area contributed by atoms with Crippen LogP contribution >= 0.6 is 0 Å². The first kappa shape index (κ1) is 21.1.